The van der Waals surface area contributed by atoms with E-state index in [0.29, 0.717) is 19.7 Å². The highest BCUT2D eigenvalue weighted by molar-refractivity contribution is 7.87. The van der Waals surface area contributed by atoms with Gasteiger partial charge >= 0.3 is 10.2 Å². The topological polar surface area (TPSA) is 67.9 Å². The third kappa shape index (κ3) is 4.89. The van der Waals surface area contributed by atoms with Crippen LogP contribution in [0.2, 0.25) is 0 Å². The van der Waals surface area contributed by atoms with Crippen molar-refractivity contribution in [1.82, 2.24) is 9.19 Å². The molecular formula is C10H22N2O4S. The molecule has 0 bridgehead atoms. The van der Waals surface area contributed by atoms with Crippen molar-refractivity contribution < 1.29 is 18.0 Å². The van der Waals surface area contributed by atoms with Gasteiger partial charge in [-0.2, -0.15) is 12.7 Å². The minimum absolute atomic E-state index is 0.0968. The minimum Gasteiger partial charge on any atom is -0.373 e. The molecule has 1 aliphatic rings. The molecule has 0 aliphatic carbocycles. The second-order valence-corrected chi connectivity index (χ2v) is 6.50. The largest absolute Gasteiger partial charge is 0.373 e. The summed E-state index contributed by atoms with van der Waals surface area (Å²) < 4.78 is 30.6. The molecule has 0 aromatic rings. The average molecular weight is 266 g/mol. The van der Waals surface area contributed by atoms with Crippen molar-refractivity contribution in [2.75, 3.05) is 19.7 Å². The first-order chi connectivity index (χ1) is 7.81. The van der Waals surface area contributed by atoms with Crippen molar-refractivity contribution in [3.05, 3.63) is 0 Å². The van der Waals surface area contributed by atoms with Gasteiger partial charge in [-0.25, -0.2) is 0 Å². The highest BCUT2D eigenvalue weighted by Gasteiger charge is 2.31. The van der Waals surface area contributed by atoms with Crippen molar-refractivity contribution in [2.24, 2.45) is 5.92 Å². The summed E-state index contributed by atoms with van der Waals surface area (Å²) in [6.45, 7) is 8.67. The van der Waals surface area contributed by atoms with Crippen LogP contribution in [0.5, 0.6) is 0 Å². The van der Waals surface area contributed by atoms with Gasteiger partial charge in [0, 0.05) is 13.1 Å². The van der Waals surface area contributed by atoms with Gasteiger partial charge in [-0.1, -0.05) is 18.7 Å². The number of nitrogens with zero attached hydrogens (tertiary/aromatic N) is 1. The Hall–Kier alpha value is -0.210. The van der Waals surface area contributed by atoms with Gasteiger partial charge in [-0.3, -0.25) is 4.84 Å². The molecule has 2 atom stereocenters. The molecule has 1 fully saturated rings. The second-order valence-electron chi connectivity index (χ2n) is 4.87. The Balaban J connectivity index is 2.51. The van der Waals surface area contributed by atoms with Gasteiger partial charge < -0.3 is 4.74 Å². The maximum Gasteiger partial charge on any atom is 0.301 e. The fraction of sp³-hybridized carbons (Fsp3) is 1.00. The van der Waals surface area contributed by atoms with E-state index >= 15 is 0 Å². The van der Waals surface area contributed by atoms with Crippen LogP contribution in [-0.4, -0.2) is 44.6 Å². The molecule has 1 heterocycles. The van der Waals surface area contributed by atoms with E-state index in [9.17, 15) is 8.42 Å². The Morgan fingerprint density at radius 1 is 1.35 bits per heavy atom. The lowest BCUT2D eigenvalue weighted by Gasteiger charge is -2.34. The van der Waals surface area contributed by atoms with E-state index < -0.39 is 10.2 Å². The highest BCUT2D eigenvalue weighted by Crippen LogP contribution is 2.13. The van der Waals surface area contributed by atoms with Crippen LogP contribution in [0, 0.1) is 5.92 Å². The molecule has 6 nitrogen and oxygen atoms in total. The van der Waals surface area contributed by atoms with Crippen molar-refractivity contribution in [2.45, 2.75) is 39.9 Å². The lowest BCUT2D eigenvalue weighted by molar-refractivity contribution is -0.0465. The third-order valence-electron chi connectivity index (χ3n) is 2.31. The highest BCUT2D eigenvalue weighted by atomic mass is 32.2. The van der Waals surface area contributed by atoms with Gasteiger partial charge in [0.15, 0.2) is 0 Å². The smallest absolute Gasteiger partial charge is 0.301 e. The monoisotopic (exact) mass is 266 g/mol. The summed E-state index contributed by atoms with van der Waals surface area (Å²) in [6, 6.07) is 0. The van der Waals surface area contributed by atoms with Crippen LogP contribution >= 0.6 is 0 Å². The summed E-state index contributed by atoms with van der Waals surface area (Å²) in [5, 5.41) is 0. The van der Waals surface area contributed by atoms with Gasteiger partial charge in [-0.05, 0) is 19.8 Å². The van der Waals surface area contributed by atoms with Crippen LogP contribution in [-0.2, 0) is 19.8 Å². The summed E-state index contributed by atoms with van der Waals surface area (Å²) in [5.74, 6) is 0.278. The first-order valence-electron chi connectivity index (χ1n) is 5.85. The first kappa shape index (κ1) is 14.8. The van der Waals surface area contributed by atoms with Crippen molar-refractivity contribution in [1.29, 1.82) is 0 Å². The molecule has 102 valence electrons. The number of nitrogens with one attached hydrogen (secondary N) is 1. The molecule has 1 aliphatic heterocycles. The molecule has 1 rings (SSSR count). The molecule has 0 radical (unpaired) electrons. The third-order valence-corrected chi connectivity index (χ3v) is 3.61. The van der Waals surface area contributed by atoms with Crippen molar-refractivity contribution in [3.63, 3.8) is 0 Å². The summed E-state index contributed by atoms with van der Waals surface area (Å²) in [5.41, 5.74) is 0. The van der Waals surface area contributed by atoms with Crippen LogP contribution in [0.15, 0.2) is 0 Å². The predicted octanol–water partition coefficient (Wildman–Crippen LogP) is 0.518. The molecule has 0 spiro atoms. The molecule has 1 saturated heterocycles. The first-order valence-corrected chi connectivity index (χ1v) is 7.29. The second kappa shape index (κ2) is 6.10. The summed E-state index contributed by atoms with van der Waals surface area (Å²) in [7, 11) is -3.56. The van der Waals surface area contributed by atoms with Gasteiger partial charge in [0.25, 0.3) is 0 Å². The van der Waals surface area contributed by atoms with Crippen LogP contribution in [0.1, 0.15) is 27.7 Å². The van der Waals surface area contributed by atoms with Crippen LogP contribution in [0.25, 0.3) is 0 Å². The van der Waals surface area contributed by atoms with Gasteiger partial charge in [0.1, 0.15) is 0 Å². The van der Waals surface area contributed by atoms with Crippen LogP contribution < -0.4 is 4.89 Å². The van der Waals surface area contributed by atoms with E-state index in [1.54, 1.807) is 0 Å². The SMILES string of the molecule is CC(C)CONS(=O)(=O)N1CC(C)OC(C)C1. The molecule has 0 saturated carbocycles. The number of rotatable bonds is 5. The molecular weight excluding hydrogens is 244 g/mol. The van der Waals surface area contributed by atoms with Gasteiger partial charge in [-0.15, -0.1) is 0 Å². The lowest BCUT2D eigenvalue weighted by atomic mass is 10.2. The molecule has 7 heteroatoms. The number of ether oxygens (including phenoxy) is 1. The number of morpholine rings is 1. The van der Waals surface area contributed by atoms with Crippen molar-refractivity contribution >= 4 is 10.2 Å². The van der Waals surface area contributed by atoms with E-state index in [-0.39, 0.29) is 18.1 Å². The summed E-state index contributed by atoms with van der Waals surface area (Å²) >= 11 is 0. The van der Waals surface area contributed by atoms with Gasteiger partial charge in [0.2, 0.25) is 0 Å². The maximum absolute atomic E-state index is 11.9. The lowest BCUT2D eigenvalue weighted by Crippen LogP contribution is -2.51. The van der Waals surface area contributed by atoms with Crippen molar-refractivity contribution in [3.8, 4) is 0 Å². The summed E-state index contributed by atoms with van der Waals surface area (Å²) in [6.07, 6.45) is -0.194. The zero-order valence-corrected chi connectivity index (χ0v) is 11.7. The van der Waals surface area contributed by atoms with Gasteiger partial charge in [0.05, 0.1) is 18.8 Å². The Kier molecular flexibility index (Phi) is 5.33. The molecule has 1 N–H and O–H groups in total. The molecule has 17 heavy (non-hydrogen) atoms. The van der Waals surface area contributed by atoms with Crippen LogP contribution in [0.3, 0.4) is 0 Å². The normalized spacial score (nSPS) is 27.6. The zero-order valence-electron chi connectivity index (χ0n) is 10.8. The quantitative estimate of drug-likeness (QED) is 0.737. The summed E-state index contributed by atoms with van der Waals surface area (Å²) in [4.78, 5) is 7.11. The van der Waals surface area contributed by atoms with Crippen LogP contribution in [0.4, 0.5) is 0 Å². The molecule has 0 aromatic heterocycles. The Morgan fingerprint density at radius 3 is 2.35 bits per heavy atom. The standard InChI is InChI=1S/C10H22N2O4S/c1-8(2)7-15-11-17(13,14)12-5-9(3)16-10(4)6-12/h8-11H,5-7H2,1-4H3. The fourth-order valence-corrected chi connectivity index (χ4v) is 2.79. The predicted molar refractivity (Wildman–Crippen MR) is 64.4 cm³/mol. The van der Waals surface area contributed by atoms with E-state index in [1.807, 2.05) is 27.7 Å². The number of hydrogen-bond donors (Lipinski definition) is 1. The van der Waals surface area contributed by atoms with E-state index in [4.69, 9.17) is 9.57 Å². The van der Waals surface area contributed by atoms with E-state index in [2.05, 4.69) is 4.89 Å². The molecule has 2 unspecified atom stereocenters. The Labute approximate surface area is 103 Å². The average Bonchev–Trinajstić information content (AvgIpc) is 2.14. The Morgan fingerprint density at radius 2 is 1.88 bits per heavy atom. The van der Waals surface area contributed by atoms with E-state index in [0.717, 1.165) is 0 Å². The Bertz CT molecular complexity index is 321. The maximum atomic E-state index is 11.9. The number of hydrogen-bond acceptors (Lipinski definition) is 4. The molecule has 0 amide bonds. The van der Waals surface area contributed by atoms with E-state index in [1.165, 1.54) is 4.31 Å². The molecule has 0 aromatic carbocycles. The zero-order chi connectivity index (χ0) is 13.1. The minimum atomic E-state index is -3.56. The fourth-order valence-electron chi connectivity index (χ4n) is 1.65.